The molecule has 2 aliphatic rings. The Bertz CT molecular complexity index is 1250. The SMILES string of the molecule is CC(C)c1cc2c(cc1NC(=O)Nc1cc(C(F)(F)F)ccc1Cl)[C@@]1(C)CCC[C@@](C)(C(=O)O)[C@@H]1CC2. The van der Waals surface area contributed by atoms with Gasteiger partial charge in [-0.05, 0) is 90.8 Å². The molecule has 200 valence electrons. The van der Waals surface area contributed by atoms with Crippen LogP contribution in [0.2, 0.25) is 5.02 Å². The number of anilines is 2. The number of aliphatic carboxylic acids is 1. The first-order valence-corrected chi connectivity index (χ1v) is 12.9. The van der Waals surface area contributed by atoms with Crippen molar-refractivity contribution in [2.75, 3.05) is 10.6 Å². The lowest BCUT2D eigenvalue weighted by Crippen LogP contribution is -2.52. The number of carbonyl (C=O) groups excluding carboxylic acids is 1. The smallest absolute Gasteiger partial charge is 0.416 e. The maximum absolute atomic E-state index is 13.2. The Balaban J connectivity index is 1.69. The molecule has 0 spiro atoms. The average molecular weight is 537 g/mol. The highest BCUT2D eigenvalue weighted by Crippen LogP contribution is 2.58. The molecule has 2 aromatic rings. The summed E-state index contributed by atoms with van der Waals surface area (Å²) in [4.78, 5) is 25.2. The van der Waals surface area contributed by atoms with Crippen molar-refractivity contribution in [1.29, 1.82) is 0 Å². The van der Waals surface area contributed by atoms with Gasteiger partial charge in [-0.1, -0.05) is 44.9 Å². The Morgan fingerprint density at radius 2 is 1.76 bits per heavy atom. The summed E-state index contributed by atoms with van der Waals surface area (Å²) in [5, 5.41) is 15.3. The number of carboxylic acid groups (broad SMARTS) is 1. The molecule has 0 aromatic heterocycles. The molecule has 5 nitrogen and oxygen atoms in total. The lowest BCUT2D eigenvalue weighted by Gasteiger charge is -2.53. The second kappa shape index (κ2) is 9.53. The molecule has 0 radical (unpaired) electrons. The van der Waals surface area contributed by atoms with Crippen LogP contribution in [-0.4, -0.2) is 17.1 Å². The first-order valence-electron chi connectivity index (χ1n) is 12.5. The molecule has 0 saturated heterocycles. The van der Waals surface area contributed by atoms with E-state index in [1.54, 1.807) is 0 Å². The number of hydrogen-bond donors (Lipinski definition) is 3. The number of alkyl halides is 3. The Hall–Kier alpha value is -2.74. The summed E-state index contributed by atoms with van der Waals surface area (Å²) >= 11 is 6.06. The third-order valence-corrected chi connectivity index (χ3v) is 8.75. The third kappa shape index (κ3) is 4.92. The molecule has 0 aliphatic heterocycles. The fraction of sp³-hybridized carbons (Fsp3) is 0.500. The Morgan fingerprint density at radius 3 is 2.38 bits per heavy atom. The van der Waals surface area contributed by atoms with Crippen LogP contribution in [-0.2, 0) is 22.8 Å². The summed E-state index contributed by atoms with van der Waals surface area (Å²) in [7, 11) is 0. The van der Waals surface area contributed by atoms with Crippen LogP contribution in [0.25, 0.3) is 0 Å². The van der Waals surface area contributed by atoms with Gasteiger partial charge in [0.25, 0.3) is 0 Å². The van der Waals surface area contributed by atoms with Crippen molar-refractivity contribution >= 4 is 35.0 Å². The summed E-state index contributed by atoms with van der Waals surface area (Å²) in [6.45, 7) is 7.97. The minimum atomic E-state index is -4.57. The van der Waals surface area contributed by atoms with Crippen LogP contribution in [0.5, 0.6) is 0 Å². The third-order valence-electron chi connectivity index (χ3n) is 8.42. The van der Waals surface area contributed by atoms with Crippen LogP contribution < -0.4 is 10.6 Å². The average Bonchev–Trinajstić information content (AvgIpc) is 2.79. The highest BCUT2D eigenvalue weighted by molar-refractivity contribution is 6.33. The number of benzene rings is 2. The van der Waals surface area contributed by atoms with Crippen LogP contribution in [0.3, 0.4) is 0 Å². The standard InChI is InChI=1S/C28H32ClF3N2O3/c1-15(2)18-12-16-6-9-23-26(3,10-5-11-27(23,4)24(35)36)19(16)14-21(18)33-25(37)34-22-13-17(28(30,31)32)7-8-20(22)29/h7-8,12-15,23H,5-6,9-11H2,1-4H3,(H,35,36)(H2,33,34,37)/t23-,26-,27-/m1/s1. The van der Waals surface area contributed by atoms with Crippen molar-refractivity contribution in [1.82, 2.24) is 0 Å². The summed E-state index contributed by atoms with van der Waals surface area (Å²) in [5.74, 6) is -0.755. The number of carbonyl (C=O) groups is 2. The number of halogens is 4. The molecule has 3 atom stereocenters. The zero-order valence-corrected chi connectivity index (χ0v) is 22.1. The predicted octanol–water partition coefficient (Wildman–Crippen LogP) is 8.22. The second-order valence-electron chi connectivity index (χ2n) is 11.1. The topological polar surface area (TPSA) is 78.4 Å². The lowest BCUT2D eigenvalue weighted by molar-refractivity contribution is -0.157. The van der Waals surface area contributed by atoms with Gasteiger partial charge in [-0.3, -0.25) is 4.79 Å². The molecule has 9 heteroatoms. The lowest BCUT2D eigenvalue weighted by atomic mass is 9.49. The van der Waals surface area contributed by atoms with Crippen molar-refractivity contribution < 1.29 is 27.9 Å². The molecular weight excluding hydrogens is 505 g/mol. The van der Waals surface area contributed by atoms with E-state index >= 15 is 0 Å². The van der Waals surface area contributed by atoms with Gasteiger partial charge in [-0.2, -0.15) is 13.2 Å². The maximum Gasteiger partial charge on any atom is 0.416 e. The van der Waals surface area contributed by atoms with Gasteiger partial charge in [-0.25, -0.2) is 4.79 Å². The molecule has 37 heavy (non-hydrogen) atoms. The Kier molecular flexibility index (Phi) is 7.03. The molecule has 1 saturated carbocycles. The fourth-order valence-electron chi connectivity index (χ4n) is 6.45. The molecule has 1 fully saturated rings. The van der Waals surface area contributed by atoms with Gasteiger partial charge in [0.05, 0.1) is 21.7 Å². The monoisotopic (exact) mass is 536 g/mol. The Labute approximate surface area is 219 Å². The number of nitrogens with one attached hydrogen (secondary N) is 2. The number of aryl methyl sites for hydroxylation is 1. The quantitative estimate of drug-likeness (QED) is 0.368. The van der Waals surface area contributed by atoms with E-state index in [2.05, 4.69) is 23.6 Å². The highest BCUT2D eigenvalue weighted by Gasteiger charge is 2.55. The second-order valence-corrected chi connectivity index (χ2v) is 11.5. The Morgan fingerprint density at radius 1 is 1.08 bits per heavy atom. The number of hydrogen-bond acceptors (Lipinski definition) is 2. The summed E-state index contributed by atoms with van der Waals surface area (Å²) in [6, 6.07) is 6.08. The highest BCUT2D eigenvalue weighted by atomic mass is 35.5. The largest absolute Gasteiger partial charge is 0.481 e. The van der Waals surface area contributed by atoms with E-state index in [1.807, 2.05) is 26.8 Å². The van der Waals surface area contributed by atoms with E-state index < -0.39 is 29.2 Å². The zero-order valence-electron chi connectivity index (χ0n) is 21.4. The van der Waals surface area contributed by atoms with E-state index in [0.29, 0.717) is 12.1 Å². The molecule has 0 unspecified atom stereocenters. The van der Waals surface area contributed by atoms with Crippen LogP contribution in [0.1, 0.15) is 81.5 Å². The van der Waals surface area contributed by atoms with Gasteiger partial charge >= 0.3 is 18.2 Å². The molecule has 2 amide bonds. The van der Waals surface area contributed by atoms with Gasteiger partial charge < -0.3 is 15.7 Å². The van der Waals surface area contributed by atoms with Crippen molar-refractivity contribution in [2.24, 2.45) is 11.3 Å². The zero-order chi connectivity index (χ0) is 27.3. The normalized spacial score (nSPS) is 25.3. The van der Waals surface area contributed by atoms with Gasteiger partial charge in [0.1, 0.15) is 0 Å². The van der Waals surface area contributed by atoms with Crippen molar-refractivity contribution in [2.45, 2.75) is 77.3 Å². The summed E-state index contributed by atoms with van der Waals surface area (Å²) in [5.41, 5.74) is 1.40. The fourth-order valence-corrected chi connectivity index (χ4v) is 6.62. The van der Waals surface area contributed by atoms with Crippen molar-refractivity contribution in [3.63, 3.8) is 0 Å². The maximum atomic E-state index is 13.2. The molecule has 0 heterocycles. The van der Waals surface area contributed by atoms with Crippen LogP contribution in [0.15, 0.2) is 30.3 Å². The molecule has 3 N–H and O–H groups in total. The van der Waals surface area contributed by atoms with Crippen molar-refractivity contribution in [3.05, 3.63) is 57.6 Å². The van der Waals surface area contributed by atoms with E-state index in [-0.39, 0.29) is 28.0 Å². The van der Waals surface area contributed by atoms with Gasteiger partial charge in [-0.15, -0.1) is 0 Å². The van der Waals surface area contributed by atoms with Crippen molar-refractivity contribution in [3.8, 4) is 0 Å². The molecular formula is C28H32ClF3N2O3. The number of fused-ring (bicyclic) bond motifs is 3. The minimum absolute atomic E-state index is 0.0109. The van der Waals surface area contributed by atoms with Crippen LogP contribution in [0.4, 0.5) is 29.3 Å². The molecule has 4 rings (SSSR count). The minimum Gasteiger partial charge on any atom is -0.481 e. The number of amides is 2. The first-order chi connectivity index (χ1) is 17.2. The predicted molar refractivity (Wildman–Crippen MR) is 138 cm³/mol. The number of rotatable bonds is 4. The molecule has 2 aromatic carbocycles. The van der Waals surface area contributed by atoms with Gasteiger partial charge in [0.15, 0.2) is 0 Å². The summed E-state index contributed by atoms with van der Waals surface area (Å²) in [6.07, 6.45) is -0.765. The van der Waals surface area contributed by atoms with Gasteiger partial charge in [0, 0.05) is 5.69 Å². The van der Waals surface area contributed by atoms with E-state index in [4.69, 9.17) is 11.6 Å². The van der Waals surface area contributed by atoms with E-state index in [1.165, 1.54) is 0 Å². The molecule has 2 aliphatic carbocycles. The first kappa shape index (κ1) is 27.3. The van der Waals surface area contributed by atoms with Crippen LogP contribution in [0, 0.1) is 11.3 Å². The number of urea groups is 1. The number of carboxylic acids is 1. The van der Waals surface area contributed by atoms with E-state index in [0.717, 1.165) is 60.6 Å². The van der Waals surface area contributed by atoms with Gasteiger partial charge in [0.2, 0.25) is 0 Å². The molecule has 0 bridgehead atoms. The summed E-state index contributed by atoms with van der Waals surface area (Å²) < 4.78 is 39.5. The van der Waals surface area contributed by atoms with Crippen LogP contribution >= 0.6 is 11.6 Å². The van der Waals surface area contributed by atoms with E-state index in [9.17, 15) is 27.9 Å².